The van der Waals surface area contributed by atoms with Crippen molar-refractivity contribution in [3.05, 3.63) is 65.0 Å². The minimum atomic E-state index is 0.550. The summed E-state index contributed by atoms with van der Waals surface area (Å²) >= 11 is 5.96. The molecular formula is C16H14ClN3O. The molecule has 0 amide bonds. The smallest absolute Gasteiger partial charge is 0.227 e. The number of nitrogen functional groups attached to an aromatic ring is 1. The normalized spacial score (nSPS) is 10.7. The number of benzene rings is 2. The van der Waals surface area contributed by atoms with Crippen LogP contribution in [-0.4, -0.2) is 10.1 Å². The maximum absolute atomic E-state index is 5.96. The summed E-state index contributed by atoms with van der Waals surface area (Å²) in [7, 11) is 0. The van der Waals surface area contributed by atoms with Crippen LogP contribution in [0.5, 0.6) is 0 Å². The maximum atomic E-state index is 5.96. The van der Waals surface area contributed by atoms with Gasteiger partial charge in [-0.2, -0.15) is 4.98 Å². The minimum Gasteiger partial charge on any atom is -0.399 e. The Hall–Kier alpha value is -2.33. The zero-order chi connectivity index (χ0) is 14.7. The predicted molar refractivity (Wildman–Crippen MR) is 83.0 cm³/mol. The molecule has 1 aromatic heterocycles. The van der Waals surface area contributed by atoms with Gasteiger partial charge in [0.15, 0.2) is 0 Å². The molecule has 0 fully saturated rings. The van der Waals surface area contributed by atoms with Crippen molar-refractivity contribution >= 4 is 17.3 Å². The van der Waals surface area contributed by atoms with Crippen molar-refractivity contribution in [2.24, 2.45) is 0 Å². The number of aryl methyl sites for hydroxylation is 2. The molecule has 0 bridgehead atoms. The number of halogens is 1. The fraction of sp³-hybridized carbons (Fsp3) is 0.125. The number of para-hydroxylation sites is 1. The van der Waals surface area contributed by atoms with Crippen molar-refractivity contribution < 1.29 is 4.52 Å². The molecule has 0 radical (unpaired) electrons. The highest BCUT2D eigenvalue weighted by Gasteiger charge is 2.09. The van der Waals surface area contributed by atoms with E-state index in [2.05, 4.69) is 10.1 Å². The van der Waals surface area contributed by atoms with Gasteiger partial charge >= 0.3 is 0 Å². The number of rotatable bonds is 4. The summed E-state index contributed by atoms with van der Waals surface area (Å²) in [5, 5.41) is 4.64. The van der Waals surface area contributed by atoms with Crippen molar-refractivity contribution in [3.8, 4) is 11.4 Å². The van der Waals surface area contributed by atoms with Crippen LogP contribution in [0.3, 0.4) is 0 Å². The van der Waals surface area contributed by atoms with Gasteiger partial charge in [-0.1, -0.05) is 47.1 Å². The first-order chi connectivity index (χ1) is 10.2. The van der Waals surface area contributed by atoms with Crippen LogP contribution >= 0.6 is 11.6 Å². The van der Waals surface area contributed by atoms with Gasteiger partial charge in [-0.15, -0.1) is 0 Å². The predicted octanol–water partition coefficient (Wildman–Crippen LogP) is 3.76. The van der Waals surface area contributed by atoms with E-state index in [0.29, 0.717) is 23.2 Å². The summed E-state index contributed by atoms with van der Waals surface area (Å²) in [4.78, 5) is 4.39. The van der Waals surface area contributed by atoms with E-state index in [1.807, 2.05) is 48.5 Å². The molecule has 0 unspecified atom stereocenters. The van der Waals surface area contributed by atoms with Crippen LogP contribution in [0, 0.1) is 0 Å². The largest absolute Gasteiger partial charge is 0.399 e. The molecule has 3 rings (SSSR count). The number of nitrogens with two attached hydrogens (primary N) is 1. The Bertz CT molecular complexity index is 755. The summed E-state index contributed by atoms with van der Waals surface area (Å²) < 4.78 is 5.28. The molecular weight excluding hydrogens is 286 g/mol. The quantitative estimate of drug-likeness (QED) is 0.745. The molecule has 4 nitrogen and oxygen atoms in total. The van der Waals surface area contributed by atoms with E-state index in [1.165, 1.54) is 0 Å². The molecule has 3 aromatic rings. The summed E-state index contributed by atoms with van der Waals surface area (Å²) in [5.41, 5.74) is 8.63. The van der Waals surface area contributed by atoms with Gasteiger partial charge in [-0.3, -0.25) is 0 Å². The highest BCUT2D eigenvalue weighted by atomic mass is 35.5. The Balaban J connectivity index is 1.72. The first-order valence-electron chi connectivity index (χ1n) is 6.64. The lowest BCUT2D eigenvalue weighted by molar-refractivity contribution is 0.379. The van der Waals surface area contributed by atoms with Crippen LogP contribution in [0.2, 0.25) is 5.02 Å². The van der Waals surface area contributed by atoms with E-state index in [4.69, 9.17) is 21.9 Å². The van der Waals surface area contributed by atoms with Crippen molar-refractivity contribution in [1.82, 2.24) is 10.1 Å². The maximum Gasteiger partial charge on any atom is 0.227 e. The third kappa shape index (κ3) is 3.23. The summed E-state index contributed by atoms with van der Waals surface area (Å²) in [6.07, 6.45) is 1.42. The van der Waals surface area contributed by atoms with E-state index < -0.39 is 0 Å². The van der Waals surface area contributed by atoms with Crippen LogP contribution in [-0.2, 0) is 12.8 Å². The number of hydrogen-bond acceptors (Lipinski definition) is 4. The van der Waals surface area contributed by atoms with Gasteiger partial charge in [0, 0.05) is 22.7 Å². The zero-order valence-electron chi connectivity index (χ0n) is 11.3. The molecule has 0 saturated carbocycles. The van der Waals surface area contributed by atoms with Gasteiger partial charge in [0.25, 0.3) is 0 Å². The van der Waals surface area contributed by atoms with E-state index in [1.54, 1.807) is 0 Å². The van der Waals surface area contributed by atoms with Crippen LogP contribution in [0.1, 0.15) is 11.5 Å². The molecule has 0 aliphatic carbocycles. The second-order valence-corrected chi connectivity index (χ2v) is 5.16. The van der Waals surface area contributed by atoms with Gasteiger partial charge in [-0.25, -0.2) is 0 Å². The molecule has 5 heteroatoms. The summed E-state index contributed by atoms with van der Waals surface area (Å²) in [6.45, 7) is 0. The molecule has 2 N–H and O–H groups in total. The van der Waals surface area contributed by atoms with Gasteiger partial charge in [0.2, 0.25) is 11.7 Å². The highest BCUT2D eigenvalue weighted by Crippen LogP contribution is 2.20. The summed E-state index contributed by atoms with van der Waals surface area (Å²) in [5.74, 6) is 1.14. The van der Waals surface area contributed by atoms with Crippen LogP contribution in [0.25, 0.3) is 11.4 Å². The highest BCUT2D eigenvalue weighted by molar-refractivity contribution is 6.30. The Kier molecular flexibility index (Phi) is 3.88. The molecule has 1 heterocycles. The average molecular weight is 300 g/mol. The number of anilines is 1. The first-order valence-corrected chi connectivity index (χ1v) is 7.02. The molecule has 106 valence electrons. The summed E-state index contributed by atoms with van der Waals surface area (Å²) in [6, 6.07) is 15.2. The van der Waals surface area contributed by atoms with E-state index >= 15 is 0 Å². The fourth-order valence-corrected chi connectivity index (χ4v) is 2.29. The fourth-order valence-electron chi connectivity index (χ4n) is 2.10. The van der Waals surface area contributed by atoms with Crippen molar-refractivity contribution in [2.45, 2.75) is 12.8 Å². The van der Waals surface area contributed by atoms with Gasteiger partial charge in [-0.05, 0) is 30.2 Å². The van der Waals surface area contributed by atoms with Crippen LogP contribution in [0.4, 0.5) is 5.69 Å². The second-order valence-electron chi connectivity index (χ2n) is 4.72. The Morgan fingerprint density at radius 2 is 1.90 bits per heavy atom. The molecule has 2 aromatic carbocycles. The molecule has 0 atom stereocenters. The zero-order valence-corrected chi connectivity index (χ0v) is 12.0. The van der Waals surface area contributed by atoms with E-state index in [-0.39, 0.29) is 0 Å². The number of hydrogen-bond donors (Lipinski definition) is 1. The lowest BCUT2D eigenvalue weighted by atomic mass is 10.1. The SMILES string of the molecule is Nc1ccccc1CCc1nc(-c2cccc(Cl)c2)no1. The lowest BCUT2D eigenvalue weighted by Gasteiger charge is -2.02. The molecule has 21 heavy (non-hydrogen) atoms. The van der Waals surface area contributed by atoms with E-state index in [9.17, 15) is 0 Å². The molecule has 0 aliphatic heterocycles. The van der Waals surface area contributed by atoms with Gasteiger partial charge in [0.1, 0.15) is 0 Å². The van der Waals surface area contributed by atoms with Gasteiger partial charge in [0.05, 0.1) is 0 Å². The Morgan fingerprint density at radius 1 is 1.05 bits per heavy atom. The van der Waals surface area contributed by atoms with Crippen LogP contribution < -0.4 is 5.73 Å². The Labute approximate surface area is 127 Å². The third-order valence-electron chi connectivity index (χ3n) is 3.21. The number of nitrogens with zero attached hydrogens (tertiary/aromatic N) is 2. The lowest BCUT2D eigenvalue weighted by Crippen LogP contribution is -1.97. The van der Waals surface area contributed by atoms with Gasteiger partial charge < -0.3 is 10.3 Å². The second kappa shape index (κ2) is 5.97. The molecule has 0 aliphatic rings. The topological polar surface area (TPSA) is 64.9 Å². The first kappa shape index (κ1) is 13.6. The number of aromatic nitrogens is 2. The molecule has 0 saturated heterocycles. The average Bonchev–Trinajstić information content (AvgIpc) is 2.95. The van der Waals surface area contributed by atoms with E-state index in [0.717, 1.165) is 23.2 Å². The monoisotopic (exact) mass is 299 g/mol. The standard InChI is InChI=1S/C16H14ClN3O/c17-13-6-3-5-12(10-13)16-19-15(21-20-16)9-8-11-4-1-2-7-14(11)18/h1-7,10H,8-9,18H2. The third-order valence-corrected chi connectivity index (χ3v) is 3.45. The minimum absolute atomic E-state index is 0.550. The van der Waals surface area contributed by atoms with Crippen LogP contribution in [0.15, 0.2) is 53.1 Å². The van der Waals surface area contributed by atoms with Crippen molar-refractivity contribution in [1.29, 1.82) is 0 Å². The Morgan fingerprint density at radius 3 is 2.71 bits per heavy atom. The molecule has 0 spiro atoms. The van der Waals surface area contributed by atoms with Crippen molar-refractivity contribution in [2.75, 3.05) is 5.73 Å². The van der Waals surface area contributed by atoms with Crippen molar-refractivity contribution in [3.63, 3.8) is 0 Å².